The fourth-order valence-corrected chi connectivity index (χ4v) is 3.01. The minimum absolute atomic E-state index is 0.206. The van der Waals surface area contributed by atoms with Crippen LogP contribution in [0.25, 0.3) is 5.69 Å². The molecule has 8 nitrogen and oxygen atoms in total. The van der Waals surface area contributed by atoms with E-state index in [1.807, 2.05) is 0 Å². The molecule has 1 aliphatic heterocycles. The van der Waals surface area contributed by atoms with Crippen LogP contribution in [0, 0.1) is 0 Å². The van der Waals surface area contributed by atoms with E-state index in [1.54, 1.807) is 18.2 Å². The third kappa shape index (κ3) is 2.85. The van der Waals surface area contributed by atoms with Crippen LogP contribution in [-0.4, -0.2) is 44.4 Å². The summed E-state index contributed by atoms with van der Waals surface area (Å²) in [6.45, 7) is 0. The summed E-state index contributed by atoms with van der Waals surface area (Å²) in [6, 6.07) is 9.35. The fourth-order valence-electron chi connectivity index (χ4n) is 2.84. The molecule has 1 aliphatic rings. The molecule has 0 aliphatic carbocycles. The Labute approximate surface area is 158 Å². The highest BCUT2D eigenvalue weighted by atomic mass is 35.5. The zero-order chi connectivity index (χ0) is 19.1. The van der Waals surface area contributed by atoms with E-state index in [9.17, 15) is 14.4 Å². The zero-order valence-electron chi connectivity index (χ0n) is 14.0. The number of amides is 3. The summed E-state index contributed by atoms with van der Waals surface area (Å²) in [5, 5.41) is 7.25. The first-order valence-electron chi connectivity index (χ1n) is 7.88. The van der Waals surface area contributed by atoms with Gasteiger partial charge in [-0.25, -0.2) is 9.67 Å². The molecule has 0 fully saturated rings. The van der Waals surface area contributed by atoms with Crippen LogP contribution in [0.15, 0.2) is 49.1 Å². The quantitative estimate of drug-likeness (QED) is 0.702. The van der Waals surface area contributed by atoms with Crippen LogP contribution in [0.5, 0.6) is 0 Å². The molecule has 2 heterocycles. The van der Waals surface area contributed by atoms with Crippen molar-refractivity contribution in [1.82, 2.24) is 19.7 Å². The van der Waals surface area contributed by atoms with E-state index in [4.69, 9.17) is 11.6 Å². The Morgan fingerprint density at radius 2 is 1.85 bits per heavy atom. The molecule has 1 N–H and O–H groups in total. The summed E-state index contributed by atoms with van der Waals surface area (Å²) in [4.78, 5) is 41.7. The topological polar surface area (TPSA) is 97.2 Å². The number of hydrogen-bond acceptors (Lipinski definition) is 5. The minimum atomic E-state index is -0.448. The van der Waals surface area contributed by atoms with Gasteiger partial charge in [-0.05, 0) is 36.4 Å². The van der Waals surface area contributed by atoms with Crippen molar-refractivity contribution in [1.29, 1.82) is 0 Å². The number of carbonyl (C=O) groups excluding carboxylic acids is 3. The number of hydrogen-bond donors (Lipinski definition) is 1. The molecule has 0 saturated heterocycles. The lowest BCUT2D eigenvalue weighted by atomic mass is 10.1. The molecule has 0 spiro atoms. The van der Waals surface area contributed by atoms with Crippen molar-refractivity contribution in [3.63, 3.8) is 0 Å². The zero-order valence-corrected chi connectivity index (χ0v) is 14.8. The van der Waals surface area contributed by atoms with Gasteiger partial charge in [-0.15, -0.1) is 0 Å². The first-order chi connectivity index (χ1) is 13.0. The van der Waals surface area contributed by atoms with Crippen LogP contribution in [0.1, 0.15) is 31.1 Å². The van der Waals surface area contributed by atoms with Gasteiger partial charge in [-0.1, -0.05) is 11.6 Å². The average molecular weight is 382 g/mol. The standard InChI is InChI=1S/C18H12ClN5O3/c1-23-17(26)12-4-2-10(6-13(12)18(23)27)16(25)22-14-7-11(19)3-5-15(14)24-9-20-8-21-24/h2-9H,1H3,(H,22,25). The lowest BCUT2D eigenvalue weighted by Crippen LogP contribution is -2.24. The summed E-state index contributed by atoms with van der Waals surface area (Å²) < 4.78 is 1.49. The molecule has 3 aromatic rings. The van der Waals surface area contributed by atoms with Gasteiger partial charge in [-0.2, -0.15) is 5.10 Å². The predicted octanol–water partition coefficient (Wildman–Crippen LogP) is 2.40. The minimum Gasteiger partial charge on any atom is -0.320 e. The van der Waals surface area contributed by atoms with Crippen molar-refractivity contribution < 1.29 is 14.4 Å². The molecule has 27 heavy (non-hydrogen) atoms. The monoisotopic (exact) mass is 381 g/mol. The summed E-state index contributed by atoms with van der Waals surface area (Å²) in [5.74, 6) is -1.27. The molecule has 0 radical (unpaired) electrons. The molecule has 0 unspecified atom stereocenters. The summed E-state index contributed by atoms with van der Waals surface area (Å²) in [6.07, 6.45) is 2.87. The average Bonchev–Trinajstić information content (AvgIpc) is 3.26. The van der Waals surface area contributed by atoms with Crippen molar-refractivity contribution in [2.24, 2.45) is 0 Å². The molecular formula is C18H12ClN5O3. The summed E-state index contributed by atoms with van der Waals surface area (Å²) >= 11 is 6.05. The Balaban J connectivity index is 1.68. The van der Waals surface area contributed by atoms with Crippen molar-refractivity contribution in [2.75, 3.05) is 12.4 Å². The second kappa shape index (κ2) is 6.33. The second-order valence-electron chi connectivity index (χ2n) is 5.89. The van der Waals surface area contributed by atoms with E-state index >= 15 is 0 Å². The highest BCUT2D eigenvalue weighted by Crippen LogP contribution is 2.26. The van der Waals surface area contributed by atoms with E-state index in [0.717, 1.165) is 4.90 Å². The predicted molar refractivity (Wildman–Crippen MR) is 97.2 cm³/mol. The third-order valence-electron chi connectivity index (χ3n) is 4.22. The van der Waals surface area contributed by atoms with Crippen LogP contribution in [0.4, 0.5) is 5.69 Å². The second-order valence-corrected chi connectivity index (χ2v) is 6.32. The number of benzene rings is 2. The molecule has 3 amide bonds. The lowest BCUT2D eigenvalue weighted by Gasteiger charge is -2.11. The number of imide groups is 1. The van der Waals surface area contributed by atoms with Crippen LogP contribution in [0.2, 0.25) is 5.02 Å². The maximum atomic E-state index is 12.7. The normalized spacial score (nSPS) is 13.0. The number of carbonyl (C=O) groups is 3. The molecule has 2 aromatic carbocycles. The van der Waals surface area contributed by atoms with Gasteiger partial charge < -0.3 is 5.32 Å². The molecule has 0 atom stereocenters. The summed E-state index contributed by atoms with van der Waals surface area (Å²) in [5.41, 5.74) is 1.74. The smallest absolute Gasteiger partial charge is 0.261 e. The first kappa shape index (κ1) is 16.9. The number of nitrogens with zero attached hydrogens (tertiary/aromatic N) is 4. The molecular weight excluding hydrogens is 370 g/mol. The van der Waals surface area contributed by atoms with Crippen LogP contribution in [-0.2, 0) is 0 Å². The van der Waals surface area contributed by atoms with Gasteiger partial charge in [0.15, 0.2) is 0 Å². The maximum Gasteiger partial charge on any atom is 0.261 e. The molecule has 4 rings (SSSR count). The molecule has 0 bridgehead atoms. The number of fused-ring (bicyclic) bond motifs is 1. The van der Waals surface area contributed by atoms with E-state index in [2.05, 4.69) is 15.4 Å². The fraction of sp³-hybridized carbons (Fsp3) is 0.0556. The molecule has 1 aromatic heterocycles. The number of anilines is 1. The van der Waals surface area contributed by atoms with Crippen molar-refractivity contribution >= 4 is 35.0 Å². The van der Waals surface area contributed by atoms with Crippen molar-refractivity contribution in [2.45, 2.75) is 0 Å². The third-order valence-corrected chi connectivity index (χ3v) is 4.46. The number of rotatable bonds is 3. The Morgan fingerprint density at radius 1 is 1.07 bits per heavy atom. The Hall–Kier alpha value is -3.52. The van der Waals surface area contributed by atoms with Crippen LogP contribution >= 0.6 is 11.6 Å². The maximum absolute atomic E-state index is 12.7. The van der Waals surface area contributed by atoms with Gasteiger partial charge in [-0.3, -0.25) is 19.3 Å². The van der Waals surface area contributed by atoms with Crippen molar-refractivity contribution in [3.05, 3.63) is 70.8 Å². The van der Waals surface area contributed by atoms with Gasteiger partial charge >= 0.3 is 0 Å². The molecule has 9 heteroatoms. The van der Waals surface area contributed by atoms with Gasteiger partial charge in [0.1, 0.15) is 12.7 Å². The largest absolute Gasteiger partial charge is 0.320 e. The van der Waals surface area contributed by atoms with Gasteiger partial charge in [0.25, 0.3) is 17.7 Å². The van der Waals surface area contributed by atoms with Gasteiger partial charge in [0.05, 0.1) is 22.5 Å². The van der Waals surface area contributed by atoms with Crippen molar-refractivity contribution in [3.8, 4) is 5.69 Å². The Bertz CT molecular complexity index is 1090. The van der Waals surface area contributed by atoms with E-state index in [-0.39, 0.29) is 22.6 Å². The highest BCUT2D eigenvalue weighted by Gasteiger charge is 2.33. The number of halogens is 1. The van der Waals surface area contributed by atoms with Crippen LogP contribution < -0.4 is 5.32 Å². The Kier molecular flexibility index (Phi) is 3.97. The number of aromatic nitrogens is 3. The summed E-state index contributed by atoms with van der Waals surface area (Å²) in [7, 11) is 1.40. The van der Waals surface area contributed by atoms with Gasteiger partial charge in [0.2, 0.25) is 0 Å². The van der Waals surface area contributed by atoms with E-state index in [1.165, 1.54) is 42.6 Å². The SMILES string of the molecule is CN1C(=O)c2ccc(C(=O)Nc3cc(Cl)ccc3-n3cncn3)cc2C1=O. The molecule has 134 valence electrons. The highest BCUT2D eigenvalue weighted by molar-refractivity contribution is 6.31. The molecule has 0 saturated carbocycles. The first-order valence-corrected chi connectivity index (χ1v) is 8.26. The Morgan fingerprint density at radius 3 is 2.59 bits per heavy atom. The van der Waals surface area contributed by atoms with E-state index in [0.29, 0.717) is 16.4 Å². The van der Waals surface area contributed by atoms with E-state index < -0.39 is 11.8 Å². The number of nitrogens with one attached hydrogen (secondary N) is 1. The van der Waals surface area contributed by atoms with Crippen LogP contribution in [0.3, 0.4) is 0 Å². The van der Waals surface area contributed by atoms with Gasteiger partial charge in [0, 0.05) is 17.6 Å². The lowest BCUT2D eigenvalue weighted by molar-refractivity contribution is 0.0693.